The molecule has 19 heavy (non-hydrogen) atoms. The van der Waals surface area contributed by atoms with Crippen molar-refractivity contribution in [1.29, 1.82) is 0 Å². The summed E-state index contributed by atoms with van der Waals surface area (Å²) in [6, 6.07) is 4.17. The molecule has 1 unspecified atom stereocenters. The highest BCUT2D eigenvalue weighted by Gasteiger charge is 2.22. The zero-order chi connectivity index (χ0) is 13.7. The second-order valence-corrected chi connectivity index (χ2v) is 4.56. The highest BCUT2D eigenvalue weighted by Crippen LogP contribution is 2.18. The van der Waals surface area contributed by atoms with Crippen molar-refractivity contribution < 1.29 is 9.53 Å². The molecule has 0 bridgehead atoms. The number of rotatable bonds is 5. The SMILES string of the molecule is CCOC(=O)c1ccc(N(CC)C2CCNC2)nc1. The van der Waals surface area contributed by atoms with Crippen molar-refractivity contribution in [3.8, 4) is 0 Å². The van der Waals surface area contributed by atoms with Gasteiger partial charge in [0, 0.05) is 25.3 Å². The molecule has 1 aromatic heterocycles. The molecule has 1 aromatic rings. The van der Waals surface area contributed by atoms with Gasteiger partial charge >= 0.3 is 5.97 Å². The van der Waals surface area contributed by atoms with Gasteiger partial charge in [0.25, 0.3) is 0 Å². The number of pyridine rings is 1. The first-order valence-electron chi connectivity index (χ1n) is 6.86. The number of hydrogen-bond donors (Lipinski definition) is 1. The lowest BCUT2D eigenvalue weighted by Gasteiger charge is -2.28. The molecular formula is C14H21N3O2. The van der Waals surface area contributed by atoms with Crippen LogP contribution in [0.4, 0.5) is 5.82 Å². The Bertz CT molecular complexity index is 413. The molecule has 5 heteroatoms. The minimum atomic E-state index is -0.313. The maximum atomic E-state index is 11.6. The van der Waals surface area contributed by atoms with Crippen molar-refractivity contribution in [3.05, 3.63) is 23.9 Å². The summed E-state index contributed by atoms with van der Waals surface area (Å²) >= 11 is 0. The van der Waals surface area contributed by atoms with E-state index in [9.17, 15) is 4.79 Å². The number of nitrogens with zero attached hydrogens (tertiary/aromatic N) is 2. The van der Waals surface area contributed by atoms with E-state index in [2.05, 4.69) is 22.1 Å². The van der Waals surface area contributed by atoms with Crippen molar-refractivity contribution >= 4 is 11.8 Å². The van der Waals surface area contributed by atoms with E-state index in [1.54, 1.807) is 19.2 Å². The second kappa shape index (κ2) is 6.52. The van der Waals surface area contributed by atoms with Crippen LogP contribution in [-0.2, 0) is 4.74 Å². The van der Waals surface area contributed by atoms with Crippen LogP contribution in [0.5, 0.6) is 0 Å². The average molecular weight is 263 g/mol. The average Bonchev–Trinajstić information content (AvgIpc) is 2.95. The number of esters is 1. The molecule has 2 rings (SSSR count). The van der Waals surface area contributed by atoms with Crippen LogP contribution in [0.25, 0.3) is 0 Å². The Morgan fingerprint density at radius 2 is 2.37 bits per heavy atom. The number of carbonyl (C=O) groups excluding carboxylic acids is 1. The van der Waals surface area contributed by atoms with Gasteiger partial charge in [-0.3, -0.25) is 0 Å². The molecule has 1 fully saturated rings. The highest BCUT2D eigenvalue weighted by atomic mass is 16.5. The topological polar surface area (TPSA) is 54.5 Å². The fraction of sp³-hybridized carbons (Fsp3) is 0.571. The van der Waals surface area contributed by atoms with Gasteiger partial charge in [0.15, 0.2) is 0 Å². The largest absolute Gasteiger partial charge is 0.462 e. The lowest BCUT2D eigenvalue weighted by Crippen LogP contribution is -2.37. The lowest BCUT2D eigenvalue weighted by molar-refractivity contribution is 0.0526. The van der Waals surface area contributed by atoms with Gasteiger partial charge in [0.05, 0.1) is 12.2 Å². The summed E-state index contributed by atoms with van der Waals surface area (Å²) in [5.41, 5.74) is 0.506. The van der Waals surface area contributed by atoms with Crippen LogP contribution in [0, 0.1) is 0 Å². The third-order valence-corrected chi connectivity index (χ3v) is 3.37. The van der Waals surface area contributed by atoms with Crippen LogP contribution < -0.4 is 10.2 Å². The fourth-order valence-electron chi connectivity index (χ4n) is 2.40. The van der Waals surface area contributed by atoms with Crippen LogP contribution in [0.2, 0.25) is 0 Å². The maximum Gasteiger partial charge on any atom is 0.339 e. The summed E-state index contributed by atoms with van der Waals surface area (Å²) in [7, 11) is 0. The molecule has 1 N–H and O–H groups in total. The smallest absolute Gasteiger partial charge is 0.339 e. The maximum absolute atomic E-state index is 11.6. The van der Waals surface area contributed by atoms with Crippen molar-refractivity contribution in [3.63, 3.8) is 0 Å². The number of hydrogen-bond acceptors (Lipinski definition) is 5. The van der Waals surface area contributed by atoms with Gasteiger partial charge in [-0.25, -0.2) is 9.78 Å². The molecule has 2 heterocycles. The van der Waals surface area contributed by atoms with E-state index in [1.165, 1.54) is 0 Å². The van der Waals surface area contributed by atoms with Crippen LogP contribution in [0.15, 0.2) is 18.3 Å². The first-order valence-corrected chi connectivity index (χ1v) is 6.86. The molecule has 5 nitrogen and oxygen atoms in total. The molecule has 1 aliphatic rings. The minimum absolute atomic E-state index is 0.313. The molecule has 0 aliphatic carbocycles. The van der Waals surface area contributed by atoms with E-state index in [0.29, 0.717) is 18.2 Å². The van der Waals surface area contributed by atoms with Crippen LogP contribution >= 0.6 is 0 Å². The molecule has 0 saturated carbocycles. The molecular weight excluding hydrogens is 242 g/mol. The summed E-state index contributed by atoms with van der Waals surface area (Å²) in [6.45, 7) is 7.27. The first-order chi connectivity index (χ1) is 9.26. The number of ether oxygens (including phenoxy) is 1. The summed E-state index contributed by atoms with van der Waals surface area (Å²) in [4.78, 5) is 18.2. The standard InChI is InChI=1S/C14H21N3O2/c1-3-17(12-7-8-15-10-12)13-6-5-11(9-16-13)14(18)19-4-2/h5-6,9,12,15H,3-4,7-8,10H2,1-2H3. The van der Waals surface area contributed by atoms with E-state index in [0.717, 1.165) is 31.9 Å². The molecule has 104 valence electrons. The van der Waals surface area contributed by atoms with Crippen LogP contribution in [0.1, 0.15) is 30.6 Å². The normalized spacial score (nSPS) is 18.3. The molecule has 0 spiro atoms. The molecule has 0 amide bonds. The Balaban J connectivity index is 2.09. The summed E-state index contributed by atoms with van der Waals surface area (Å²) < 4.78 is 4.95. The minimum Gasteiger partial charge on any atom is -0.462 e. The Hall–Kier alpha value is -1.62. The van der Waals surface area contributed by atoms with Gasteiger partial charge in [-0.15, -0.1) is 0 Å². The Kier molecular flexibility index (Phi) is 4.74. The van der Waals surface area contributed by atoms with Gasteiger partial charge in [-0.05, 0) is 38.9 Å². The predicted octanol–water partition coefficient (Wildman–Crippen LogP) is 1.45. The summed E-state index contributed by atoms with van der Waals surface area (Å²) in [5, 5.41) is 3.36. The van der Waals surface area contributed by atoms with Crippen molar-refractivity contribution in [2.24, 2.45) is 0 Å². The van der Waals surface area contributed by atoms with Crippen LogP contribution in [-0.4, -0.2) is 43.2 Å². The van der Waals surface area contributed by atoms with Gasteiger partial charge in [-0.2, -0.15) is 0 Å². The van der Waals surface area contributed by atoms with E-state index in [1.807, 2.05) is 6.07 Å². The first kappa shape index (κ1) is 13.8. The predicted molar refractivity (Wildman–Crippen MR) is 74.5 cm³/mol. The number of anilines is 1. The molecule has 0 radical (unpaired) electrons. The second-order valence-electron chi connectivity index (χ2n) is 4.56. The van der Waals surface area contributed by atoms with Gasteiger partial charge in [-0.1, -0.05) is 0 Å². The van der Waals surface area contributed by atoms with E-state index in [4.69, 9.17) is 4.74 Å². The van der Waals surface area contributed by atoms with Gasteiger partial charge < -0.3 is 15.0 Å². The monoisotopic (exact) mass is 263 g/mol. The lowest BCUT2D eigenvalue weighted by atomic mass is 10.2. The van der Waals surface area contributed by atoms with E-state index < -0.39 is 0 Å². The fourth-order valence-corrected chi connectivity index (χ4v) is 2.40. The van der Waals surface area contributed by atoms with E-state index >= 15 is 0 Å². The molecule has 1 atom stereocenters. The Morgan fingerprint density at radius 1 is 1.53 bits per heavy atom. The third kappa shape index (κ3) is 3.23. The molecule has 1 saturated heterocycles. The highest BCUT2D eigenvalue weighted by molar-refractivity contribution is 5.89. The zero-order valence-corrected chi connectivity index (χ0v) is 11.6. The quantitative estimate of drug-likeness (QED) is 0.815. The molecule has 1 aliphatic heterocycles. The summed E-state index contributed by atoms with van der Waals surface area (Å²) in [5.74, 6) is 0.608. The van der Waals surface area contributed by atoms with Gasteiger partial charge in [0.2, 0.25) is 0 Å². The van der Waals surface area contributed by atoms with Gasteiger partial charge in [0.1, 0.15) is 5.82 Å². The zero-order valence-electron chi connectivity index (χ0n) is 11.6. The van der Waals surface area contributed by atoms with Crippen LogP contribution in [0.3, 0.4) is 0 Å². The summed E-state index contributed by atoms with van der Waals surface area (Å²) in [6.07, 6.45) is 2.73. The number of aromatic nitrogens is 1. The number of likely N-dealkylation sites (N-methyl/N-ethyl adjacent to an activating group) is 1. The third-order valence-electron chi connectivity index (χ3n) is 3.37. The van der Waals surface area contributed by atoms with Crippen molar-refractivity contribution in [2.45, 2.75) is 26.3 Å². The number of nitrogens with one attached hydrogen (secondary N) is 1. The Labute approximate surface area is 114 Å². The number of carbonyl (C=O) groups is 1. The van der Waals surface area contributed by atoms with Crippen molar-refractivity contribution in [1.82, 2.24) is 10.3 Å². The van der Waals surface area contributed by atoms with E-state index in [-0.39, 0.29) is 5.97 Å². The van der Waals surface area contributed by atoms with Crippen molar-refractivity contribution in [2.75, 3.05) is 31.1 Å². The Morgan fingerprint density at radius 3 is 2.89 bits per heavy atom. The molecule has 0 aromatic carbocycles.